The molecule has 0 aliphatic carbocycles. The molecule has 4 nitrogen and oxygen atoms in total. The molecule has 0 radical (unpaired) electrons. The first-order chi connectivity index (χ1) is 12.6. The fourth-order valence-corrected chi connectivity index (χ4v) is 3.50. The second-order valence-electron chi connectivity index (χ2n) is 6.08. The minimum Gasteiger partial charge on any atom is -0.497 e. The van der Waals surface area contributed by atoms with Gasteiger partial charge in [0.2, 0.25) is 5.91 Å². The lowest BCUT2D eigenvalue weighted by molar-refractivity contribution is -0.116. The van der Waals surface area contributed by atoms with Crippen molar-refractivity contribution in [3.05, 3.63) is 54.1 Å². The normalized spacial score (nSPS) is 12.0. The van der Waals surface area contributed by atoms with E-state index in [0.717, 1.165) is 22.9 Å². The molecule has 5 heteroatoms. The molecule has 0 fully saturated rings. The number of benzene rings is 2. The molecule has 0 heterocycles. The Labute approximate surface area is 160 Å². The van der Waals surface area contributed by atoms with Crippen molar-refractivity contribution in [1.29, 1.82) is 0 Å². The Balaban J connectivity index is 1.95. The van der Waals surface area contributed by atoms with Gasteiger partial charge < -0.3 is 10.1 Å². The Morgan fingerprint density at radius 2 is 2.00 bits per heavy atom. The largest absolute Gasteiger partial charge is 0.497 e. The third-order valence-electron chi connectivity index (χ3n) is 4.54. The summed E-state index contributed by atoms with van der Waals surface area (Å²) >= 11 is 1.63. The second kappa shape index (κ2) is 10.2. The molecule has 1 N–H and O–H groups in total. The predicted octanol–water partition coefficient (Wildman–Crippen LogP) is 4.83. The van der Waals surface area contributed by atoms with E-state index >= 15 is 0 Å². The Kier molecular flexibility index (Phi) is 8.01. The molecule has 140 valence electrons. The number of hydrogen-bond donors (Lipinski definition) is 1. The van der Waals surface area contributed by atoms with Crippen LogP contribution >= 0.6 is 11.8 Å². The van der Waals surface area contributed by atoms with Crippen LogP contribution in [0.4, 0.5) is 5.69 Å². The lowest BCUT2D eigenvalue weighted by Crippen LogP contribution is -2.30. The summed E-state index contributed by atoms with van der Waals surface area (Å²) < 4.78 is 5.32. The number of methoxy groups -OCH3 is 1. The number of rotatable bonds is 9. The van der Waals surface area contributed by atoms with Crippen molar-refractivity contribution in [1.82, 2.24) is 4.90 Å². The average Bonchev–Trinajstić information content (AvgIpc) is 2.68. The smallest absolute Gasteiger partial charge is 0.225 e. The molecule has 1 atom stereocenters. The van der Waals surface area contributed by atoms with Crippen LogP contribution in [0.25, 0.3) is 0 Å². The minimum atomic E-state index is 0.0443. The SMILES string of the molecule is CCN(CCC(=O)Nc1ccccc1SC)C(C)c1cccc(OC)c1. The Morgan fingerprint density at radius 1 is 1.23 bits per heavy atom. The maximum absolute atomic E-state index is 12.4. The molecule has 1 unspecified atom stereocenters. The van der Waals surface area contributed by atoms with E-state index in [-0.39, 0.29) is 11.9 Å². The number of ether oxygens (including phenoxy) is 1. The van der Waals surface area contributed by atoms with Gasteiger partial charge in [-0.15, -0.1) is 11.8 Å². The van der Waals surface area contributed by atoms with Crippen LogP contribution in [0.1, 0.15) is 31.9 Å². The third-order valence-corrected chi connectivity index (χ3v) is 5.33. The maximum Gasteiger partial charge on any atom is 0.225 e. The van der Waals surface area contributed by atoms with Crippen LogP contribution in [0, 0.1) is 0 Å². The van der Waals surface area contributed by atoms with E-state index in [9.17, 15) is 4.79 Å². The number of carbonyl (C=O) groups is 1. The lowest BCUT2D eigenvalue weighted by Gasteiger charge is -2.28. The zero-order valence-corrected chi connectivity index (χ0v) is 16.8. The summed E-state index contributed by atoms with van der Waals surface area (Å²) in [5.74, 6) is 0.902. The van der Waals surface area contributed by atoms with Gasteiger partial charge in [-0.3, -0.25) is 9.69 Å². The number of hydrogen-bond acceptors (Lipinski definition) is 4. The number of nitrogens with one attached hydrogen (secondary N) is 1. The van der Waals surface area contributed by atoms with Crippen molar-refractivity contribution in [3.8, 4) is 5.75 Å². The van der Waals surface area contributed by atoms with Crippen molar-refractivity contribution in [2.45, 2.75) is 31.2 Å². The van der Waals surface area contributed by atoms with Crippen LogP contribution in [0.15, 0.2) is 53.4 Å². The lowest BCUT2D eigenvalue weighted by atomic mass is 10.1. The first kappa shape index (κ1) is 20.3. The molecule has 0 bridgehead atoms. The fraction of sp³-hybridized carbons (Fsp3) is 0.381. The molecular weight excluding hydrogens is 344 g/mol. The van der Waals surface area contributed by atoms with Gasteiger partial charge in [-0.05, 0) is 49.6 Å². The van der Waals surface area contributed by atoms with Crippen LogP contribution < -0.4 is 10.1 Å². The van der Waals surface area contributed by atoms with Crippen molar-refractivity contribution in [2.24, 2.45) is 0 Å². The molecule has 26 heavy (non-hydrogen) atoms. The number of amides is 1. The molecule has 2 aromatic rings. The van der Waals surface area contributed by atoms with Gasteiger partial charge in [-0.25, -0.2) is 0 Å². The van der Waals surface area contributed by atoms with Crippen molar-refractivity contribution >= 4 is 23.4 Å². The Hall–Kier alpha value is -1.98. The first-order valence-corrected chi connectivity index (χ1v) is 10.1. The highest BCUT2D eigenvalue weighted by molar-refractivity contribution is 7.98. The predicted molar refractivity (Wildman–Crippen MR) is 110 cm³/mol. The fourth-order valence-electron chi connectivity index (χ4n) is 2.94. The molecule has 1 amide bonds. The van der Waals surface area contributed by atoms with Gasteiger partial charge in [0.15, 0.2) is 0 Å². The van der Waals surface area contributed by atoms with Gasteiger partial charge in [0.05, 0.1) is 12.8 Å². The number of thioether (sulfide) groups is 1. The van der Waals surface area contributed by atoms with Gasteiger partial charge in [-0.1, -0.05) is 31.2 Å². The van der Waals surface area contributed by atoms with Crippen molar-refractivity contribution < 1.29 is 9.53 Å². The molecule has 0 saturated carbocycles. The topological polar surface area (TPSA) is 41.6 Å². The Morgan fingerprint density at radius 3 is 2.69 bits per heavy atom. The molecule has 0 aliphatic heterocycles. The first-order valence-electron chi connectivity index (χ1n) is 8.89. The van der Waals surface area contributed by atoms with Crippen molar-refractivity contribution in [2.75, 3.05) is 31.8 Å². The van der Waals surface area contributed by atoms with E-state index < -0.39 is 0 Å². The average molecular weight is 373 g/mol. The summed E-state index contributed by atoms with van der Waals surface area (Å²) in [6, 6.07) is 16.2. The number of nitrogens with zero attached hydrogens (tertiary/aromatic N) is 1. The standard InChI is InChI=1S/C21H28N2O2S/c1-5-23(16(2)17-9-8-10-18(15-17)25-3)14-13-21(24)22-19-11-6-7-12-20(19)26-4/h6-12,15-16H,5,13-14H2,1-4H3,(H,22,24). The van der Waals surface area contributed by atoms with E-state index in [1.807, 2.05) is 42.7 Å². The van der Waals surface area contributed by atoms with Gasteiger partial charge >= 0.3 is 0 Å². The van der Waals surface area contributed by atoms with Crippen LogP contribution in [-0.4, -0.2) is 37.3 Å². The van der Waals surface area contributed by atoms with Crippen LogP contribution in [-0.2, 0) is 4.79 Å². The summed E-state index contributed by atoms with van der Waals surface area (Å²) in [7, 11) is 1.68. The van der Waals surface area contributed by atoms with Gasteiger partial charge in [0.25, 0.3) is 0 Å². The van der Waals surface area contributed by atoms with Crippen molar-refractivity contribution in [3.63, 3.8) is 0 Å². The third kappa shape index (κ3) is 5.51. The maximum atomic E-state index is 12.4. The van der Waals surface area contributed by atoms with Crippen LogP contribution in [0.3, 0.4) is 0 Å². The van der Waals surface area contributed by atoms with Crippen LogP contribution in [0.2, 0.25) is 0 Å². The zero-order valence-electron chi connectivity index (χ0n) is 16.0. The summed E-state index contributed by atoms with van der Waals surface area (Å²) in [6.07, 6.45) is 2.48. The minimum absolute atomic E-state index is 0.0443. The van der Waals surface area contributed by atoms with E-state index in [1.54, 1.807) is 18.9 Å². The van der Waals surface area contributed by atoms with E-state index in [4.69, 9.17) is 4.74 Å². The zero-order chi connectivity index (χ0) is 18.9. The highest BCUT2D eigenvalue weighted by Crippen LogP contribution is 2.26. The molecule has 0 aromatic heterocycles. The molecular formula is C21H28N2O2S. The van der Waals surface area contributed by atoms with E-state index in [1.165, 1.54) is 5.56 Å². The van der Waals surface area contributed by atoms with E-state index in [0.29, 0.717) is 13.0 Å². The summed E-state index contributed by atoms with van der Waals surface area (Å²) in [5.41, 5.74) is 2.08. The highest BCUT2D eigenvalue weighted by atomic mass is 32.2. The van der Waals surface area contributed by atoms with Gasteiger partial charge in [0.1, 0.15) is 5.75 Å². The van der Waals surface area contributed by atoms with Gasteiger partial charge in [-0.2, -0.15) is 0 Å². The van der Waals surface area contributed by atoms with Crippen LogP contribution in [0.5, 0.6) is 5.75 Å². The summed E-state index contributed by atoms with van der Waals surface area (Å²) in [5, 5.41) is 3.03. The molecule has 2 rings (SSSR count). The molecule has 2 aromatic carbocycles. The quantitative estimate of drug-likeness (QED) is 0.640. The monoisotopic (exact) mass is 372 g/mol. The highest BCUT2D eigenvalue weighted by Gasteiger charge is 2.16. The van der Waals surface area contributed by atoms with Gasteiger partial charge in [0, 0.05) is 23.9 Å². The number of para-hydroxylation sites is 1. The molecule has 0 saturated heterocycles. The summed E-state index contributed by atoms with van der Waals surface area (Å²) in [4.78, 5) is 15.8. The number of anilines is 1. The summed E-state index contributed by atoms with van der Waals surface area (Å²) in [6.45, 7) is 5.88. The van der Waals surface area contributed by atoms with E-state index in [2.05, 4.69) is 36.2 Å². The Bertz CT molecular complexity index is 721. The second-order valence-corrected chi connectivity index (χ2v) is 6.93. The number of carbonyl (C=O) groups excluding carboxylic acids is 1. The molecule has 0 aliphatic rings. The molecule has 0 spiro atoms.